The molecule has 72 valence electrons. The van der Waals surface area contributed by atoms with Crippen molar-refractivity contribution in [2.45, 2.75) is 0 Å². The summed E-state index contributed by atoms with van der Waals surface area (Å²) in [5.74, 6) is 0. The minimum atomic E-state index is 0.453. The highest BCUT2D eigenvalue weighted by atomic mass is 35.5. The summed E-state index contributed by atoms with van der Waals surface area (Å²) in [5, 5.41) is 4.92. The first kappa shape index (κ1) is 10.3. The van der Waals surface area contributed by atoms with Crippen molar-refractivity contribution >= 4 is 34.3 Å². The molecule has 0 aliphatic rings. The van der Waals surface area contributed by atoms with Gasteiger partial charge in [-0.3, -0.25) is 0 Å². The van der Waals surface area contributed by atoms with Gasteiger partial charge < -0.3 is 9.74 Å². The van der Waals surface area contributed by atoms with Crippen molar-refractivity contribution < 1.29 is 4.84 Å². The van der Waals surface area contributed by atoms with Crippen LogP contribution in [-0.2, 0) is 4.84 Å². The average Bonchev–Trinajstić information content (AvgIpc) is 2.44. The van der Waals surface area contributed by atoms with Gasteiger partial charge in [-0.2, -0.15) is 0 Å². The Hall–Kier alpha value is -0.810. The van der Waals surface area contributed by atoms with E-state index in [9.17, 15) is 0 Å². The SMILES string of the molecule is CO/N=C/c1sc(N(C)C)nc1Cl. The van der Waals surface area contributed by atoms with Gasteiger partial charge in [0.2, 0.25) is 0 Å². The number of thiazole rings is 1. The number of hydrogen-bond acceptors (Lipinski definition) is 5. The zero-order valence-corrected chi connectivity index (χ0v) is 9.19. The molecule has 13 heavy (non-hydrogen) atoms. The lowest BCUT2D eigenvalue weighted by molar-refractivity contribution is 0.215. The average molecular weight is 220 g/mol. The second-order valence-electron chi connectivity index (χ2n) is 2.46. The number of halogens is 1. The van der Waals surface area contributed by atoms with Gasteiger partial charge in [0.15, 0.2) is 10.3 Å². The van der Waals surface area contributed by atoms with Crippen LogP contribution in [-0.4, -0.2) is 32.4 Å². The third-order valence-electron chi connectivity index (χ3n) is 1.26. The molecule has 0 amide bonds. The maximum Gasteiger partial charge on any atom is 0.186 e. The highest BCUT2D eigenvalue weighted by Gasteiger charge is 2.08. The van der Waals surface area contributed by atoms with Gasteiger partial charge >= 0.3 is 0 Å². The van der Waals surface area contributed by atoms with Gasteiger partial charge in [0.1, 0.15) is 7.11 Å². The lowest BCUT2D eigenvalue weighted by atomic mass is 10.6. The van der Waals surface area contributed by atoms with Crippen LogP contribution in [0.1, 0.15) is 4.88 Å². The molecule has 0 unspecified atom stereocenters. The van der Waals surface area contributed by atoms with E-state index >= 15 is 0 Å². The molecule has 0 atom stereocenters. The summed E-state index contributed by atoms with van der Waals surface area (Å²) in [7, 11) is 5.30. The van der Waals surface area contributed by atoms with E-state index in [1.54, 1.807) is 6.21 Å². The molecule has 0 bridgehead atoms. The molecule has 0 fully saturated rings. The van der Waals surface area contributed by atoms with E-state index in [1.807, 2.05) is 19.0 Å². The number of anilines is 1. The minimum absolute atomic E-state index is 0.453. The third-order valence-corrected chi connectivity index (χ3v) is 2.81. The van der Waals surface area contributed by atoms with Crippen LogP contribution >= 0.6 is 22.9 Å². The number of rotatable bonds is 3. The molecule has 1 aromatic rings. The van der Waals surface area contributed by atoms with E-state index in [0.717, 1.165) is 10.0 Å². The highest BCUT2D eigenvalue weighted by molar-refractivity contribution is 7.17. The number of oxime groups is 1. The fourth-order valence-electron chi connectivity index (χ4n) is 0.674. The molecule has 4 nitrogen and oxygen atoms in total. The van der Waals surface area contributed by atoms with Gasteiger partial charge in [-0.05, 0) is 0 Å². The van der Waals surface area contributed by atoms with Crippen molar-refractivity contribution in [3.8, 4) is 0 Å². The Kier molecular flexibility index (Phi) is 3.50. The second kappa shape index (κ2) is 4.43. The van der Waals surface area contributed by atoms with Gasteiger partial charge in [0.05, 0.1) is 11.1 Å². The topological polar surface area (TPSA) is 37.7 Å². The maximum atomic E-state index is 5.85. The summed E-state index contributed by atoms with van der Waals surface area (Å²) in [5.41, 5.74) is 0. The molecule has 0 N–H and O–H groups in total. The van der Waals surface area contributed by atoms with Crippen LogP contribution in [0.5, 0.6) is 0 Å². The molecule has 6 heteroatoms. The predicted octanol–water partition coefficient (Wildman–Crippen LogP) is 1.84. The first-order chi connectivity index (χ1) is 6.15. The van der Waals surface area contributed by atoms with Crippen LogP contribution in [0.2, 0.25) is 5.15 Å². The Morgan fingerprint density at radius 2 is 2.31 bits per heavy atom. The van der Waals surface area contributed by atoms with Gasteiger partial charge in [0, 0.05) is 14.1 Å². The number of hydrogen-bond donors (Lipinski definition) is 0. The summed E-state index contributed by atoms with van der Waals surface area (Å²) in [6, 6.07) is 0. The molecule has 0 aliphatic carbocycles. The van der Waals surface area contributed by atoms with Crippen LogP contribution in [0.15, 0.2) is 5.16 Å². The summed E-state index contributed by atoms with van der Waals surface area (Å²) in [4.78, 5) is 11.4. The number of nitrogens with zero attached hydrogens (tertiary/aromatic N) is 3. The van der Waals surface area contributed by atoms with E-state index < -0.39 is 0 Å². The largest absolute Gasteiger partial charge is 0.399 e. The van der Waals surface area contributed by atoms with E-state index in [0.29, 0.717) is 5.15 Å². The second-order valence-corrected chi connectivity index (χ2v) is 3.83. The van der Waals surface area contributed by atoms with Crippen LogP contribution in [0, 0.1) is 0 Å². The summed E-state index contributed by atoms with van der Waals surface area (Å²) in [6.07, 6.45) is 1.55. The van der Waals surface area contributed by atoms with Crippen molar-refractivity contribution in [2.24, 2.45) is 5.16 Å². The molecule has 1 heterocycles. The Balaban J connectivity index is 2.90. The molecule has 1 aromatic heterocycles. The molecule has 0 saturated heterocycles. The molecule has 0 aliphatic heterocycles. The monoisotopic (exact) mass is 219 g/mol. The van der Waals surface area contributed by atoms with Crippen molar-refractivity contribution in [1.29, 1.82) is 0 Å². The third kappa shape index (κ3) is 2.57. The van der Waals surface area contributed by atoms with Crippen LogP contribution in [0.4, 0.5) is 5.13 Å². The fraction of sp³-hybridized carbons (Fsp3) is 0.429. The molecule has 0 aromatic carbocycles. The number of aromatic nitrogens is 1. The Bertz CT molecular complexity index is 311. The van der Waals surface area contributed by atoms with E-state index in [2.05, 4.69) is 15.0 Å². The standard InChI is InChI=1S/C7H10ClN3OS/c1-11(2)7-10-6(8)5(13-7)4-9-12-3/h4H,1-3H3/b9-4+. The van der Waals surface area contributed by atoms with Crippen LogP contribution in [0.3, 0.4) is 0 Å². The van der Waals surface area contributed by atoms with Gasteiger partial charge in [0.25, 0.3) is 0 Å². The lowest BCUT2D eigenvalue weighted by Gasteiger charge is -2.04. The normalized spacial score (nSPS) is 10.8. The Labute approximate surface area is 85.8 Å². The van der Waals surface area contributed by atoms with Crippen LogP contribution in [0.25, 0.3) is 0 Å². The first-order valence-electron chi connectivity index (χ1n) is 3.55. The predicted molar refractivity (Wildman–Crippen MR) is 56.1 cm³/mol. The smallest absolute Gasteiger partial charge is 0.186 e. The van der Waals surface area contributed by atoms with Crippen molar-refractivity contribution in [3.05, 3.63) is 10.0 Å². The first-order valence-corrected chi connectivity index (χ1v) is 4.74. The van der Waals surface area contributed by atoms with Crippen molar-refractivity contribution in [1.82, 2.24) is 4.98 Å². The van der Waals surface area contributed by atoms with Gasteiger partial charge in [-0.25, -0.2) is 4.98 Å². The van der Waals surface area contributed by atoms with Crippen molar-refractivity contribution in [3.63, 3.8) is 0 Å². The zero-order valence-electron chi connectivity index (χ0n) is 7.61. The van der Waals surface area contributed by atoms with Crippen molar-refractivity contribution in [2.75, 3.05) is 26.1 Å². The molecular formula is C7H10ClN3OS. The fourth-order valence-corrected chi connectivity index (χ4v) is 1.71. The quantitative estimate of drug-likeness (QED) is 0.575. The molecule has 0 saturated carbocycles. The Morgan fingerprint density at radius 1 is 1.62 bits per heavy atom. The summed E-state index contributed by atoms with van der Waals surface area (Å²) >= 11 is 7.31. The molecule has 0 spiro atoms. The zero-order chi connectivity index (χ0) is 9.84. The Morgan fingerprint density at radius 3 is 2.77 bits per heavy atom. The van der Waals surface area contributed by atoms with Gasteiger partial charge in [-0.15, -0.1) is 0 Å². The highest BCUT2D eigenvalue weighted by Crippen LogP contribution is 2.26. The molecule has 0 radical (unpaired) electrons. The van der Waals surface area contributed by atoms with Crippen LogP contribution < -0.4 is 4.90 Å². The maximum absolute atomic E-state index is 5.85. The van der Waals surface area contributed by atoms with E-state index in [-0.39, 0.29) is 0 Å². The lowest BCUT2D eigenvalue weighted by Crippen LogP contribution is -2.07. The molecule has 1 rings (SSSR count). The van der Waals surface area contributed by atoms with E-state index in [1.165, 1.54) is 18.4 Å². The molecular weight excluding hydrogens is 210 g/mol. The van der Waals surface area contributed by atoms with Gasteiger partial charge in [-0.1, -0.05) is 28.1 Å². The minimum Gasteiger partial charge on any atom is -0.399 e. The summed E-state index contributed by atoms with van der Waals surface area (Å²) in [6.45, 7) is 0. The summed E-state index contributed by atoms with van der Waals surface area (Å²) < 4.78 is 0. The van der Waals surface area contributed by atoms with E-state index in [4.69, 9.17) is 11.6 Å².